The van der Waals surface area contributed by atoms with Gasteiger partial charge in [-0.3, -0.25) is 0 Å². The van der Waals surface area contributed by atoms with Crippen molar-refractivity contribution in [3.63, 3.8) is 0 Å². The van der Waals surface area contributed by atoms with Gasteiger partial charge in [-0.2, -0.15) is 0 Å². The maximum Gasteiger partial charge on any atom is 0.212 e. The van der Waals surface area contributed by atoms with Crippen LogP contribution < -0.4 is 5.73 Å². The van der Waals surface area contributed by atoms with Crippen LogP contribution in [0.4, 0.5) is 0 Å². The Morgan fingerprint density at radius 1 is 0.966 bits per heavy atom. The minimum atomic E-state index is -0.621. The number of ether oxygens (including phenoxy) is 2. The lowest BCUT2D eigenvalue weighted by Gasteiger charge is -2.18. The van der Waals surface area contributed by atoms with E-state index >= 15 is 0 Å². The summed E-state index contributed by atoms with van der Waals surface area (Å²) in [5.74, 6) is 0.608. The molecule has 1 aromatic heterocycles. The third-order valence-corrected chi connectivity index (χ3v) is 5.61. The number of hydrogen-bond acceptors (Lipinski definition) is 5. The molecule has 1 fully saturated rings. The van der Waals surface area contributed by atoms with Gasteiger partial charge in [0.1, 0.15) is 5.69 Å². The first kappa shape index (κ1) is 20.3. The summed E-state index contributed by atoms with van der Waals surface area (Å²) in [6, 6.07) is 19.6. The molecule has 4 rings (SSSR count). The Labute approximate surface area is 179 Å². The number of nitrogens with zero attached hydrogens (tertiary/aromatic N) is 1. The maximum absolute atomic E-state index is 6.51. The number of oxazole rings is 1. The van der Waals surface area contributed by atoms with Gasteiger partial charge in [-0.15, -0.1) is 0 Å². The van der Waals surface area contributed by atoms with Crippen LogP contribution in [0.25, 0.3) is 22.6 Å². The van der Waals surface area contributed by atoms with Gasteiger partial charge in [-0.1, -0.05) is 76.6 Å². The van der Waals surface area contributed by atoms with E-state index in [4.69, 9.17) is 24.6 Å². The van der Waals surface area contributed by atoms with Crippen LogP contribution in [0.1, 0.15) is 32.2 Å². The van der Waals surface area contributed by atoms with Gasteiger partial charge in [0.25, 0.3) is 0 Å². The molecule has 3 atom stereocenters. The van der Waals surface area contributed by atoms with Gasteiger partial charge in [0.05, 0.1) is 18.2 Å². The summed E-state index contributed by atoms with van der Waals surface area (Å²) in [6.07, 6.45) is 0.364. The van der Waals surface area contributed by atoms with E-state index in [1.807, 2.05) is 74.5 Å². The summed E-state index contributed by atoms with van der Waals surface area (Å²) in [4.78, 5) is 4.79. The van der Waals surface area contributed by atoms with E-state index in [1.54, 1.807) is 0 Å². The molecule has 3 aromatic rings. The average Bonchev–Trinajstić information content (AvgIpc) is 3.30. The Kier molecular flexibility index (Phi) is 5.88. The lowest BCUT2D eigenvalue weighted by Crippen LogP contribution is -2.28. The molecule has 0 saturated carbocycles. The third kappa shape index (κ3) is 4.46. The van der Waals surface area contributed by atoms with Crippen LogP contribution in [-0.2, 0) is 9.47 Å². The lowest BCUT2D eigenvalue weighted by atomic mass is 10.1. The van der Waals surface area contributed by atoms with E-state index in [2.05, 4.69) is 15.9 Å². The second-order valence-corrected chi connectivity index (χ2v) is 8.32. The van der Waals surface area contributed by atoms with E-state index in [9.17, 15) is 0 Å². The molecule has 0 radical (unpaired) electrons. The number of nitrogens with two attached hydrogens (primary N) is 1. The zero-order chi connectivity index (χ0) is 20.4. The monoisotopic (exact) mass is 456 g/mol. The van der Waals surface area contributed by atoms with Crippen molar-refractivity contribution in [2.24, 2.45) is 5.73 Å². The molecule has 6 heteroatoms. The average molecular weight is 457 g/mol. The summed E-state index contributed by atoms with van der Waals surface area (Å²) in [5.41, 5.74) is 9.27. The first-order valence-corrected chi connectivity index (χ1v) is 10.9. The summed E-state index contributed by atoms with van der Waals surface area (Å²) < 4.78 is 18.2. The molecule has 1 saturated heterocycles. The molecule has 0 spiro atoms. The quantitative estimate of drug-likeness (QED) is 0.508. The highest BCUT2D eigenvalue weighted by atomic mass is 79.9. The van der Waals surface area contributed by atoms with Crippen molar-refractivity contribution in [2.45, 2.75) is 44.3 Å². The van der Waals surface area contributed by atoms with Crippen LogP contribution >= 0.6 is 15.9 Å². The topological polar surface area (TPSA) is 70.5 Å². The molecule has 1 aliphatic rings. The smallest absolute Gasteiger partial charge is 0.212 e. The normalized spacial score (nSPS) is 21.9. The zero-order valence-electron chi connectivity index (χ0n) is 16.5. The van der Waals surface area contributed by atoms with Gasteiger partial charge in [-0.25, -0.2) is 4.98 Å². The van der Waals surface area contributed by atoms with E-state index in [1.165, 1.54) is 0 Å². The molecule has 152 valence electrons. The third-order valence-electron chi connectivity index (χ3n) is 4.97. The molecule has 0 bridgehead atoms. The summed E-state index contributed by atoms with van der Waals surface area (Å²) in [7, 11) is 0. The Bertz CT molecular complexity index is 886. The second-order valence-electron chi connectivity index (χ2n) is 7.67. The predicted octanol–water partition coefficient (Wildman–Crippen LogP) is 5.31. The van der Waals surface area contributed by atoms with Crippen molar-refractivity contribution in [1.82, 2.24) is 4.98 Å². The Balaban J connectivity index is 1.65. The van der Waals surface area contributed by atoms with Crippen molar-refractivity contribution in [2.75, 3.05) is 5.33 Å². The molecule has 1 aliphatic heterocycles. The maximum atomic E-state index is 6.51. The lowest BCUT2D eigenvalue weighted by molar-refractivity contribution is -0.145. The van der Waals surface area contributed by atoms with Crippen LogP contribution in [0.15, 0.2) is 65.1 Å². The van der Waals surface area contributed by atoms with Crippen LogP contribution in [-0.4, -0.2) is 28.3 Å². The predicted molar refractivity (Wildman–Crippen MR) is 117 cm³/mol. The highest BCUT2D eigenvalue weighted by Gasteiger charge is 2.41. The van der Waals surface area contributed by atoms with E-state index in [0.29, 0.717) is 17.6 Å². The largest absolute Gasteiger partial charge is 0.438 e. The van der Waals surface area contributed by atoms with Gasteiger partial charge >= 0.3 is 0 Å². The number of halogens is 1. The number of aromatic nitrogens is 1. The van der Waals surface area contributed by atoms with Gasteiger partial charge in [0.15, 0.2) is 11.5 Å². The molecule has 29 heavy (non-hydrogen) atoms. The molecule has 5 nitrogen and oxygen atoms in total. The van der Waals surface area contributed by atoms with Crippen molar-refractivity contribution in [3.05, 3.63) is 66.6 Å². The molecule has 2 aromatic carbocycles. The van der Waals surface area contributed by atoms with E-state index < -0.39 is 11.8 Å². The number of benzene rings is 2. The molecule has 0 amide bonds. The van der Waals surface area contributed by atoms with Crippen molar-refractivity contribution >= 4 is 15.9 Å². The SMILES string of the molecule is CC1(C)O[C@@H](CBr)[C@H](C[C@@H](N)c2nc(-c3ccccc3)c(-c3ccccc3)o2)O1. The molecular weight excluding hydrogens is 432 g/mol. The van der Waals surface area contributed by atoms with Crippen molar-refractivity contribution in [1.29, 1.82) is 0 Å². The highest BCUT2D eigenvalue weighted by Crippen LogP contribution is 2.37. The van der Waals surface area contributed by atoms with E-state index in [-0.39, 0.29) is 12.2 Å². The van der Waals surface area contributed by atoms with Crippen LogP contribution in [0.3, 0.4) is 0 Å². The molecular formula is C23H25BrN2O3. The Hall–Kier alpha value is -1.99. The van der Waals surface area contributed by atoms with E-state index in [0.717, 1.165) is 22.6 Å². The minimum Gasteiger partial charge on any atom is -0.438 e. The number of rotatable bonds is 6. The fourth-order valence-corrected chi connectivity index (χ4v) is 4.21. The van der Waals surface area contributed by atoms with Crippen molar-refractivity contribution in [3.8, 4) is 22.6 Å². The van der Waals surface area contributed by atoms with Gasteiger partial charge < -0.3 is 19.6 Å². The van der Waals surface area contributed by atoms with Gasteiger partial charge in [-0.05, 0) is 13.8 Å². The zero-order valence-corrected chi connectivity index (χ0v) is 18.1. The summed E-state index contributed by atoms with van der Waals surface area (Å²) in [6.45, 7) is 3.83. The number of alkyl halides is 1. The van der Waals surface area contributed by atoms with Crippen LogP contribution in [0.5, 0.6) is 0 Å². The van der Waals surface area contributed by atoms with Gasteiger partial charge in [0.2, 0.25) is 5.89 Å². The summed E-state index contributed by atoms with van der Waals surface area (Å²) in [5, 5.41) is 0.684. The molecule has 0 aliphatic carbocycles. The van der Waals surface area contributed by atoms with Gasteiger partial charge in [0, 0.05) is 22.9 Å². The highest BCUT2D eigenvalue weighted by molar-refractivity contribution is 9.09. The first-order chi connectivity index (χ1) is 14.0. The van der Waals surface area contributed by atoms with Crippen LogP contribution in [0.2, 0.25) is 0 Å². The first-order valence-electron chi connectivity index (χ1n) is 9.75. The Morgan fingerprint density at radius 2 is 1.55 bits per heavy atom. The molecule has 2 N–H and O–H groups in total. The molecule has 2 heterocycles. The Morgan fingerprint density at radius 3 is 2.17 bits per heavy atom. The summed E-state index contributed by atoms with van der Waals surface area (Å²) >= 11 is 3.51. The number of hydrogen-bond donors (Lipinski definition) is 1. The fraction of sp³-hybridized carbons (Fsp3) is 0.348. The van der Waals surface area contributed by atoms with Crippen LogP contribution in [0, 0.1) is 0 Å². The minimum absolute atomic E-state index is 0.0619. The standard InChI is InChI=1S/C23H25BrN2O3/c1-23(2)28-18(19(14-24)29-23)13-17(25)22-26-20(15-9-5-3-6-10-15)21(27-22)16-11-7-4-8-12-16/h3-12,17-19H,13-14,25H2,1-2H3/t17-,18+,19+/m1/s1. The molecule has 0 unspecified atom stereocenters. The second kappa shape index (κ2) is 8.40. The fourth-order valence-electron chi connectivity index (χ4n) is 3.66. The van der Waals surface area contributed by atoms with Crippen molar-refractivity contribution < 1.29 is 13.9 Å².